The summed E-state index contributed by atoms with van der Waals surface area (Å²) in [5.41, 5.74) is 0. The van der Waals surface area contributed by atoms with Crippen LogP contribution in [0, 0.1) is 17.8 Å². The molecule has 1 unspecified atom stereocenters. The summed E-state index contributed by atoms with van der Waals surface area (Å²) in [5.74, 6) is 2.87. The van der Waals surface area contributed by atoms with Gasteiger partial charge in [0.05, 0.1) is 0 Å². The van der Waals surface area contributed by atoms with Crippen LogP contribution < -0.4 is 5.32 Å². The fraction of sp³-hybridized carbons (Fsp3) is 1.00. The fourth-order valence-corrected chi connectivity index (χ4v) is 4.26. The topological polar surface area (TPSA) is 21.3 Å². The summed E-state index contributed by atoms with van der Waals surface area (Å²) in [7, 11) is 2.17. The number of unbranched alkanes of at least 4 members (excludes halogenated alkanes) is 1. The predicted octanol–water partition coefficient (Wildman–Crippen LogP) is 4.39. The van der Waals surface area contributed by atoms with Crippen molar-refractivity contribution in [3.8, 4) is 0 Å². The Morgan fingerprint density at radius 3 is 2.30 bits per heavy atom. The third-order valence-corrected chi connectivity index (χ3v) is 5.73. The first-order chi connectivity index (χ1) is 9.83. The Kier molecular flexibility index (Phi) is 7.37. The molecule has 1 aliphatic heterocycles. The Morgan fingerprint density at radius 1 is 1.00 bits per heavy atom. The third-order valence-electron chi connectivity index (χ3n) is 5.73. The Balaban J connectivity index is 1.72. The first-order valence-corrected chi connectivity index (χ1v) is 9.08. The summed E-state index contributed by atoms with van der Waals surface area (Å²) in [6.07, 6.45) is 14.1. The molecule has 0 aromatic carbocycles. The maximum Gasteiger partial charge on any atom is 0.0468 e. The lowest BCUT2D eigenvalue weighted by Gasteiger charge is -2.36. The lowest BCUT2D eigenvalue weighted by Crippen LogP contribution is -2.38. The minimum Gasteiger partial charge on any atom is -0.381 e. The van der Waals surface area contributed by atoms with Gasteiger partial charge in [0, 0.05) is 19.3 Å². The molecule has 0 aromatic rings. The van der Waals surface area contributed by atoms with Crippen molar-refractivity contribution < 1.29 is 4.74 Å². The van der Waals surface area contributed by atoms with Gasteiger partial charge < -0.3 is 10.1 Å². The molecule has 2 aliphatic rings. The highest BCUT2D eigenvalue weighted by atomic mass is 16.5. The Morgan fingerprint density at radius 2 is 1.70 bits per heavy atom. The summed E-state index contributed by atoms with van der Waals surface area (Å²) in [6.45, 7) is 4.30. The van der Waals surface area contributed by atoms with Gasteiger partial charge in [-0.1, -0.05) is 39.0 Å². The molecule has 2 fully saturated rings. The highest BCUT2D eigenvalue weighted by Gasteiger charge is 2.28. The molecule has 1 heterocycles. The van der Waals surface area contributed by atoms with E-state index in [0.29, 0.717) is 0 Å². The SMILES string of the molecule is CCCCC1CCC(C(CC2CCOCC2)NC)CC1. The average molecular weight is 281 g/mol. The summed E-state index contributed by atoms with van der Waals surface area (Å²) < 4.78 is 5.49. The van der Waals surface area contributed by atoms with Crippen molar-refractivity contribution in [2.75, 3.05) is 20.3 Å². The molecule has 2 nitrogen and oxygen atoms in total. The third kappa shape index (κ3) is 5.04. The van der Waals surface area contributed by atoms with E-state index >= 15 is 0 Å². The van der Waals surface area contributed by atoms with Crippen LogP contribution >= 0.6 is 0 Å². The van der Waals surface area contributed by atoms with E-state index in [1.807, 2.05) is 0 Å². The van der Waals surface area contributed by atoms with E-state index in [4.69, 9.17) is 4.74 Å². The smallest absolute Gasteiger partial charge is 0.0468 e. The van der Waals surface area contributed by atoms with Gasteiger partial charge in [-0.3, -0.25) is 0 Å². The van der Waals surface area contributed by atoms with Gasteiger partial charge >= 0.3 is 0 Å². The molecule has 0 bridgehead atoms. The number of hydrogen-bond donors (Lipinski definition) is 1. The normalized spacial score (nSPS) is 30.3. The molecule has 1 saturated carbocycles. The van der Waals surface area contributed by atoms with Gasteiger partial charge in [0.25, 0.3) is 0 Å². The van der Waals surface area contributed by atoms with Crippen LogP contribution in [0.4, 0.5) is 0 Å². The van der Waals surface area contributed by atoms with Crippen LogP contribution in [0.25, 0.3) is 0 Å². The maximum absolute atomic E-state index is 5.49. The van der Waals surface area contributed by atoms with Gasteiger partial charge in [0.2, 0.25) is 0 Å². The summed E-state index contributed by atoms with van der Waals surface area (Å²) in [5, 5.41) is 3.64. The summed E-state index contributed by atoms with van der Waals surface area (Å²) in [4.78, 5) is 0. The van der Waals surface area contributed by atoms with Crippen molar-refractivity contribution in [1.29, 1.82) is 0 Å². The molecule has 20 heavy (non-hydrogen) atoms. The van der Waals surface area contributed by atoms with E-state index < -0.39 is 0 Å². The lowest BCUT2D eigenvalue weighted by molar-refractivity contribution is 0.0561. The average Bonchev–Trinajstić information content (AvgIpc) is 2.52. The lowest BCUT2D eigenvalue weighted by atomic mass is 9.74. The standard InChI is InChI=1S/C18H35NO/c1-3-4-5-15-6-8-17(9-7-15)18(19-2)14-16-10-12-20-13-11-16/h15-19H,3-14H2,1-2H3. The molecular weight excluding hydrogens is 246 g/mol. The Hall–Kier alpha value is -0.0800. The van der Waals surface area contributed by atoms with E-state index in [0.717, 1.165) is 37.0 Å². The molecule has 118 valence electrons. The van der Waals surface area contributed by atoms with E-state index in [-0.39, 0.29) is 0 Å². The van der Waals surface area contributed by atoms with Crippen molar-refractivity contribution in [2.45, 2.75) is 77.2 Å². The maximum atomic E-state index is 5.49. The molecule has 2 heteroatoms. The number of ether oxygens (including phenoxy) is 1. The fourth-order valence-electron chi connectivity index (χ4n) is 4.26. The zero-order valence-electron chi connectivity index (χ0n) is 13.7. The van der Waals surface area contributed by atoms with Crippen molar-refractivity contribution in [2.24, 2.45) is 17.8 Å². The van der Waals surface area contributed by atoms with Gasteiger partial charge in [-0.25, -0.2) is 0 Å². The monoisotopic (exact) mass is 281 g/mol. The highest BCUT2D eigenvalue weighted by molar-refractivity contribution is 4.83. The summed E-state index contributed by atoms with van der Waals surface area (Å²) >= 11 is 0. The number of rotatable bonds is 7. The zero-order valence-corrected chi connectivity index (χ0v) is 13.7. The molecule has 1 N–H and O–H groups in total. The van der Waals surface area contributed by atoms with Crippen LogP contribution in [0.1, 0.15) is 71.1 Å². The van der Waals surface area contributed by atoms with Crippen LogP contribution in [0.3, 0.4) is 0 Å². The largest absolute Gasteiger partial charge is 0.381 e. The minimum absolute atomic E-state index is 0.755. The number of nitrogens with one attached hydrogen (secondary N) is 1. The molecule has 0 radical (unpaired) electrons. The molecule has 1 atom stereocenters. The van der Waals surface area contributed by atoms with Crippen LogP contribution in [-0.2, 0) is 4.74 Å². The zero-order chi connectivity index (χ0) is 14.2. The minimum atomic E-state index is 0.755. The second kappa shape index (κ2) is 9.04. The number of hydrogen-bond acceptors (Lipinski definition) is 2. The van der Waals surface area contributed by atoms with E-state index in [1.165, 1.54) is 64.2 Å². The van der Waals surface area contributed by atoms with Crippen molar-refractivity contribution in [3.63, 3.8) is 0 Å². The molecule has 0 amide bonds. The van der Waals surface area contributed by atoms with E-state index in [9.17, 15) is 0 Å². The Bertz CT molecular complexity index is 242. The first-order valence-electron chi connectivity index (χ1n) is 9.08. The summed E-state index contributed by atoms with van der Waals surface area (Å²) in [6, 6.07) is 0.755. The van der Waals surface area contributed by atoms with Crippen LogP contribution in [-0.4, -0.2) is 26.3 Å². The Labute approximate surface area is 126 Å². The quantitative estimate of drug-likeness (QED) is 0.747. The van der Waals surface area contributed by atoms with Crippen molar-refractivity contribution >= 4 is 0 Å². The van der Waals surface area contributed by atoms with Gasteiger partial charge in [0.1, 0.15) is 0 Å². The second-order valence-electron chi connectivity index (χ2n) is 7.11. The van der Waals surface area contributed by atoms with Gasteiger partial charge in [0.15, 0.2) is 0 Å². The van der Waals surface area contributed by atoms with E-state index in [1.54, 1.807) is 0 Å². The van der Waals surface area contributed by atoms with Crippen LogP contribution in [0.2, 0.25) is 0 Å². The highest BCUT2D eigenvalue weighted by Crippen LogP contribution is 2.35. The molecular formula is C18H35NO. The first kappa shape index (κ1) is 16.3. The molecule has 1 saturated heterocycles. The van der Waals surface area contributed by atoms with Gasteiger partial charge in [-0.05, 0) is 56.9 Å². The second-order valence-corrected chi connectivity index (χ2v) is 7.11. The van der Waals surface area contributed by atoms with E-state index in [2.05, 4.69) is 19.3 Å². The van der Waals surface area contributed by atoms with Gasteiger partial charge in [-0.15, -0.1) is 0 Å². The molecule has 2 rings (SSSR count). The molecule has 0 spiro atoms. The molecule has 0 aromatic heterocycles. The van der Waals surface area contributed by atoms with Gasteiger partial charge in [-0.2, -0.15) is 0 Å². The van der Waals surface area contributed by atoms with Crippen LogP contribution in [0.15, 0.2) is 0 Å². The van der Waals surface area contributed by atoms with Crippen LogP contribution in [0.5, 0.6) is 0 Å². The predicted molar refractivity (Wildman–Crippen MR) is 86.0 cm³/mol. The van der Waals surface area contributed by atoms with Crippen molar-refractivity contribution in [1.82, 2.24) is 5.32 Å². The molecule has 1 aliphatic carbocycles. The van der Waals surface area contributed by atoms with Crippen molar-refractivity contribution in [3.05, 3.63) is 0 Å².